The fraction of sp³-hybridized carbons (Fsp3) is 0.125. The van der Waals surface area contributed by atoms with Gasteiger partial charge in [0.1, 0.15) is 11.2 Å². The van der Waals surface area contributed by atoms with E-state index in [0.717, 1.165) is 55.3 Å². The van der Waals surface area contributed by atoms with E-state index in [0.29, 0.717) is 7.48 Å². The first-order chi connectivity index (χ1) is 26.2. The quantitative estimate of drug-likeness (QED) is 0.167. The lowest BCUT2D eigenvalue weighted by molar-refractivity contribution is -0.0893. The van der Waals surface area contributed by atoms with Crippen LogP contribution in [0.15, 0.2) is 150 Å². The Morgan fingerprint density at radius 2 is 1.30 bits per heavy atom. The first-order valence-corrected chi connectivity index (χ1v) is 19.3. The Morgan fingerprint density at radius 3 is 2.13 bits per heavy atom. The molecule has 0 bridgehead atoms. The number of nitrogens with zero attached hydrogens (tertiary/aromatic N) is 1. The predicted octanol–water partition coefficient (Wildman–Crippen LogP) is 11.9. The van der Waals surface area contributed by atoms with Gasteiger partial charge >= 0.3 is 7.48 Å². The SMILES string of the molecule is CC(C)(O)C(C)(C)OBc1cccc2sc3ccc(-c4ccc(-c5ccc6c7ccccc7n(-c7ccccc7)c6c5)c5c4oc4ccccc45)cc3c12. The van der Waals surface area contributed by atoms with Crippen LogP contribution in [0.5, 0.6) is 0 Å². The molecular formula is C48H38BNO3S. The third-order valence-electron chi connectivity index (χ3n) is 11.5. The highest BCUT2D eigenvalue weighted by atomic mass is 32.1. The first kappa shape index (κ1) is 33.0. The van der Waals surface area contributed by atoms with Gasteiger partial charge in [0.15, 0.2) is 0 Å². The number of benzene rings is 7. The molecule has 4 nitrogen and oxygen atoms in total. The normalized spacial score (nSPS) is 12.6. The van der Waals surface area contributed by atoms with Crippen LogP contribution in [0.25, 0.3) is 91.9 Å². The minimum absolute atomic E-state index is 0.403. The number of rotatable bonds is 7. The van der Waals surface area contributed by atoms with Crippen molar-refractivity contribution in [3.63, 3.8) is 0 Å². The number of para-hydroxylation sites is 3. The van der Waals surface area contributed by atoms with E-state index in [4.69, 9.17) is 9.07 Å². The zero-order chi connectivity index (χ0) is 36.8. The summed E-state index contributed by atoms with van der Waals surface area (Å²) in [5.41, 5.74) is 9.11. The molecule has 3 aromatic heterocycles. The molecule has 0 aliphatic heterocycles. The summed E-state index contributed by atoms with van der Waals surface area (Å²) >= 11 is 1.80. The highest BCUT2D eigenvalue weighted by molar-refractivity contribution is 7.26. The Kier molecular flexibility index (Phi) is 7.44. The monoisotopic (exact) mass is 719 g/mol. The summed E-state index contributed by atoms with van der Waals surface area (Å²) < 4.78 is 18.0. The van der Waals surface area contributed by atoms with Gasteiger partial charge in [0.25, 0.3) is 0 Å². The van der Waals surface area contributed by atoms with Crippen molar-refractivity contribution in [1.29, 1.82) is 0 Å². The van der Waals surface area contributed by atoms with E-state index in [-0.39, 0.29) is 0 Å². The molecule has 10 rings (SSSR count). The molecule has 0 saturated carbocycles. The van der Waals surface area contributed by atoms with Crippen LogP contribution >= 0.6 is 11.3 Å². The van der Waals surface area contributed by atoms with Gasteiger partial charge in [-0.15, -0.1) is 11.3 Å². The van der Waals surface area contributed by atoms with Crippen molar-refractivity contribution in [3.8, 4) is 27.9 Å². The summed E-state index contributed by atoms with van der Waals surface area (Å²) in [7, 11) is 0.403. The highest BCUT2D eigenvalue weighted by Gasteiger charge is 2.36. The van der Waals surface area contributed by atoms with Crippen LogP contribution in [-0.4, -0.2) is 28.4 Å². The molecule has 6 heteroatoms. The summed E-state index contributed by atoms with van der Waals surface area (Å²) in [6.07, 6.45) is 0. The van der Waals surface area contributed by atoms with E-state index in [9.17, 15) is 5.11 Å². The van der Waals surface area contributed by atoms with Crippen molar-refractivity contribution in [2.45, 2.75) is 38.9 Å². The van der Waals surface area contributed by atoms with Crippen molar-refractivity contribution in [2.75, 3.05) is 0 Å². The van der Waals surface area contributed by atoms with Gasteiger partial charge in [-0.25, -0.2) is 0 Å². The van der Waals surface area contributed by atoms with E-state index >= 15 is 0 Å². The summed E-state index contributed by atoms with van der Waals surface area (Å²) in [6, 6.07) is 52.2. The predicted molar refractivity (Wildman–Crippen MR) is 230 cm³/mol. The van der Waals surface area contributed by atoms with E-state index in [1.165, 1.54) is 42.0 Å². The maximum Gasteiger partial charge on any atom is 0.310 e. The van der Waals surface area contributed by atoms with Gasteiger partial charge in [0.05, 0.1) is 22.2 Å². The Hall–Kier alpha value is -5.66. The average molecular weight is 720 g/mol. The fourth-order valence-corrected chi connectivity index (χ4v) is 9.05. The summed E-state index contributed by atoms with van der Waals surface area (Å²) in [6.45, 7) is 7.49. The lowest BCUT2D eigenvalue weighted by atomic mass is 9.80. The smallest absolute Gasteiger partial charge is 0.310 e. The molecule has 0 amide bonds. The fourth-order valence-electron chi connectivity index (χ4n) is 7.91. The molecular weight excluding hydrogens is 681 g/mol. The van der Waals surface area contributed by atoms with Crippen LogP contribution in [0.2, 0.25) is 0 Å². The third-order valence-corrected chi connectivity index (χ3v) is 12.6. The second-order valence-electron chi connectivity index (χ2n) is 15.3. The minimum atomic E-state index is -0.985. The third kappa shape index (κ3) is 5.13. The molecule has 0 unspecified atom stereocenters. The molecule has 0 aliphatic carbocycles. The summed E-state index contributed by atoms with van der Waals surface area (Å²) in [5.74, 6) is 0. The molecule has 54 heavy (non-hydrogen) atoms. The van der Waals surface area contributed by atoms with Gasteiger partial charge in [-0.3, -0.25) is 0 Å². The number of fused-ring (bicyclic) bond motifs is 9. The number of hydrogen-bond donors (Lipinski definition) is 1. The van der Waals surface area contributed by atoms with Crippen molar-refractivity contribution in [1.82, 2.24) is 4.57 Å². The van der Waals surface area contributed by atoms with Crippen molar-refractivity contribution < 1.29 is 14.2 Å². The molecule has 1 N–H and O–H groups in total. The highest BCUT2D eigenvalue weighted by Crippen LogP contribution is 2.44. The van der Waals surface area contributed by atoms with Gasteiger partial charge in [-0.05, 0) is 110 Å². The molecule has 0 aliphatic rings. The second kappa shape index (κ2) is 12.2. The molecule has 0 radical (unpaired) electrons. The molecule has 0 spiro atoms. The largest absolute Gasteiger partial charge is 0.455 e. The van der Waals surface area contributed by atoms with Gasteiger partial charge < -0.3 is 18.7 Å². The number of aromatic nitrogens is 1. The molecule has 7 aromatic carbocycles. The number of furan rings is 1. The Labute approximate surface area is 318 Å². The zero-order valence-corrected chi connectivity index (χ0v) is 31.5. The second-order valence-corrected chi connectivity index (χ2v) is 16.4. The van der Waals surface area contributed by atoms with Crippen molar-refractivity contribution in [3.05, 3.63) is 146 Å². The lowest BCUT2D eigenvalue weighted by Crippen LogP contribution is -2.49. The van der Waals surface area contributed by atoms with Crippen molar-refractivity contribution >= 4 is 88.2 Å². The lowest BCUT2D eigenvalue weighted by Gasteiger charge is -2.37. The molecule has 262 valence electrons. The van der Waals surface area contributed by atoms with E-state index in [2.05, 4.69) is 144 Å². The molecule has 0 fully saturated rings. The van der Waals surface area contributed by atoms with Gasteiger partial charge in [0, 0.05) is 47.6 Å². The minimum Gasteiger partial charge on any atom is -0.455 e. The average Bonchev–Trinajstić information content (AvgIpc) is 3.86. The van der Waals surface area contributed by atoms with Crippen LogP contribution in [0.4, 0.5) is 0 Å². The Morgan fingerprint density at radius 1 is 0.593 bits per heavy atom. The van der Waals surface area contributed by atoms with E-state index in [1.807, 2.05) is 19.9 Å². The number of thiophene rings is 1. The molecule has 10 aromatic rings. The van der Waals surface area contributed by atoms with Crippen LogP contribution in [-0.2, 0) is 4.65 Å². The van der Waals surface area contributed by atoms with Gasteiger partial charge in [-0.2, -0.15) is 0 Å². The summed E-state index contributed by atoms with van der Waals surface area (Å²) in [5, 5.41) is 17.8. The van der Waals surface area contributed by atoms with Crippen LogP contribution in [0.3, 0.4) is 0 Å². The first-order valence-electron chi connectivity index (χ1n) is 18.5. The topological polar surface area (TPSA) is 47.5 Å². The maximum atomic E-state index is 10.8. The van der Waals surface area contributed by atoms with Crippen LogP contribution in [0.1, 0.15) is 27.7 Å². The van der Waals surface area contributed by atoms with Crippen molar-refractivity contribution in [2.24, 2.45) is 0 Å². The van der Waals surface area contributed by atoms with Crippen LogP contribution < -0.4 is 5.46 Å². The zero-order valence-electron chi connectivity index (χ0n) is 30.7. The Balaban J connectivity index is 1.16. The standard InChI is InChI=1S/C48H38BNO3S/c1-47(2,51)48(3,4)53-49-38-17-12-20-43-45(38)37-27-29(22-26-42(37)54-43)33-25-24-32(44-36-16-9-11-19-41(36)52-46(33)44)30-21-23-35-34-15-8-10-18-39(34)50(40(35)28-30)31-13-6-5-7-14-31/h5-28,49,51H,1-4H3. The van der Waals surface area contributed by atoms with E-state index in [1.54, 1.807) is 25.2 Å². The van der Waals surface area contributed by atoms with Gasteiger partial charge in [-0.1, -0.05) is 91.0 Å². The molecule has 0 saturated heterocycles. The van der Waals surface area contributed by atoms with Crippen LogP contribution in [0, 0.1) is 0 Å². The van der Waals surface area contributed by atoms with E-state index < -0.39 is 11.2 Å². The Bertz CT molecular complexity index is 3070. The number of aliphatic hydroxyl groups is 1. The molecule has 3 heterocycles. The molecule has 0 atom stereocenters. The maximum absolute atomic E-state index is 10.8. The van der Waals surface area contributed by atoms with Gasteiger partial charge in [0.2, 0.25) is 0 Å². The number of hydrogen-bond acceptors (Lipinski definition) is 4. The summed E-state index contributed by atoms with van der Waals surface area (Å²) in [4.78, 5) is 0.